The smallest absolute Gasteiger partial charge is 0.119 e. The van der Waals surface area contributed by atoms with Crippen molar-refractivity contribution in [2.45, 2.75) is 71.0 Å². The fourth-order valence-corrected chi connectivity index (χ4v) is 6.48. The summed E-state index contributed by atoms with van der Waals surface area (Å²) >= 11 is 0. The Morgan fingerprint density at radius 3 is 1.06 bits per heavy atom. The van der Waals surface area contributed by atoms with Gasteiger partial charge in [-0.25, -0.2) is 0 Å². The Morgan fingerprint density at radius 1 is 0.400 bits per heavy atom. The molecule has 2 N–H and O–H groups in total. The van der Waals surface area contributed by atoms with Gasteiger partial charge >= 0.3 is 0 Å². The third-order valence-electron chi connectivity index (χ3n) is 10.5. The van der Waals surface area contributed by atoms with Gasteiger partial charge < -0.3 is 29.2 Å². The van der Waals surface area contributed by atoms with Crippen molar-refractivity contribution in [3.05, 3.63) is 132 Å². The molecule has 0 atom stereocenters. The zero-order valence-electron chi connectivity index (χ0n) is 29.6. The SMILES string of the molecule is OCC1(COCc2ccccc2)CCC1.OCC1(COc2ccccc2)CCC1.c1ccc(COCC2(COc3ccccc3)CCC2)cc1. The van der Waals surface area contributed by atoms with Crippen molar-refractivity contribution in [2.75, 3.05) is 39.6 Å². The predicted molar refractivity (Wildman–Crippen MR) is 199 cm³/mol. The standard InChI is InChI=1S/C19H22O2.C13H18O2.C12H16O2/c1-3-8-17(9-4-1)14-20-15-19(12-7-13-19)16-21-18-10-5-2-6-11-18;14-10-13(7-4-8-13)11-15-9-12-5-2-1-3-6-12;13-9-12(7-4-8-12)10-14-11-5-2-1-3-6-11/h1-6,8-11H,7,12-16H2;1-3,5-6,14H,4,7-11H2;1-3,5-6,13H,4,7-10H2. The van der Waals surface area contributed by atoms with Crippen LogP contribution in [-0.2, 0) is 22.7 Å². The van der Waals surface area contributed by atoms with Crippen molar-refractivity contribution in [3.8, 4) is 11.5 Å². The van der Waals surface area contributed by atoms with Gasteiger partial charge in [0.2, 0.25) is 0 Å². The molecular formula is C44H56O6. The molecule has 7 rings (SSSR count). The normalized spacial score (nSPS) is 17.6. The van der Waals surface area contributed by atoms with Crippen LogP contribution < -0.4 is 9.47 Å². The zero-order chi connectivity index (χ0) is 34.8. The fraction of sp³-hybridized carbons (Fsp3) is 0.455. The largest absolute Gasteiger partial charge is 0.493 e. The van der Waals surface area contributed by atoms with E-state index in [1.54, 1.807) is 0 Å². The van der Waals surface area contributed by atoms with Crippen LogP contribution in [-0.4, -0.2) is 49.9 Å². The Kier molecular flexibility index (Phi) is 14.8. The molecule has 50 heavy (non-hydrogen) atoms. The van der Waals surface area contributed by atoms with E-state index >= 15 is 0 Å². The lowest BCUT2D eigenvalue weighted by atomic mass is 9.70. The third-order valence-corrected chi connectivity index (χ3v) is 10.5. The molecule has 0 radical (unpaired) electrons. The molecule has 6 nitrogen and oxygen atoms in total. The maximum absolute atomic E-state index is 9.25. The van der Waals surface area contributed by atoms with Crippen LogP contribution in [0.25, 0.3) is 0 Å². The maximum atomic E-state index is 9.25. The zero-order valence-corrected chi connectivity index (χ0v) is 29.6. The van der Waals surface area contributed by atoms with Crippen molar-refractivity contribution in [1.82, 2.24) is 0 Å². The molecule has 0 unspecified atom stereocenters. The third kappa shape index (κ3) is 11.7. The van der Waals surface area contributed by atoms with Gasteiger partial charge in [0.25, 0.3) is 0 Å². The monoisotopic (exact) mass is 680 g/mol. The van der Waals surface area contributed by atoms with Gasteiger partial charge in [0.1, 0.15) is 11.5 Å². The van der Waals surface area contributed by atoms with Crippen LogP contribution in [0, 0.1) is 16.2 Å². The molecule has 0 amide bonds. The highest BCUT2D eigenvalue weighted by Crippen LogP contribution is 2.42. The minimum absolute atomic E-state index is 0.0514. The Hall–Kier alpha value is -3.68. The molecule has 0 spiro atoms. The van der Waals surface area contributed by atoms with E-state index in [9.17, 15) is 10.2 Å². The van der Waals surface area contributed by atoms with Gasteiger partial charge in [0.15, 0.2) is 0 Å². The first-order valence-corrected chi connectivity index (χ1v) is 18.4. The number of para-hydroxylation sites is 2. The Morgan fingerprint density at radius 2 is 0.720 bits per heavy atom. The molecule has 4 aromatic rings. The topological polar surface area (TPSA) is 77.4 Å². The summed E-state index contributed by atoms with van der Waals surface area (Å²) in [6.45, 7) is 4.74. The van der Waals surface area contributed by atoms with E-state index in [2.05, 4.69) is 36.4 Å². The van der Waals surface area contributed by atoms with E-state index < -0.39 is 0 Å². The summed E-state index contributed by atoms with van der Waals surface area (Å²) in [4.78, 5) is 0. The number of ether oxygens (including phenoxy) is 4. The quantitative estimate of drug-likeness (QED) is 0.123. The van der Waals surface area contributed by atoms with Crippen LogP contribution in [0.1, 0.15) is 68.9 Å². The number of aliphatic hydroxyl groups is 2. The van der Waals surface area contributed by atoms with E-state index in [1.807, 2.05) is 84.9 Å². The predicted octanol–water partition coefficient (Wildman–Crippen LogP) is 9.05. The molecule has 6 heteroatoms. The van der Waals surface area contributed by atoms with E-state index in [0.29, 0.717) is 26.4 Å². The summed E-state index contributed by atoms with van der Waals surface area (Å²) < 4.78 is 23.2. The molecule has 0 bridgehead atoms. The van der Waals surface area contributed by atoms with Crippen LogP contribution in [0.4, 0.5) is 0 Å². The summed E-state index contributed by atoms with van der Waals surface area (Å²) in [5, 5.41) is 18.5. The highest BCUT2D eigenvalue weighted by molar-refractivity contribution is 5.22. The van der Waals surface area contributed by atoms with E-state index in [4.69, 9.17) is 18.9 Å². The summed E-state index contributed by atoms with van der Waals surface area (Å²) in [7, 11) is 0. The van der Waals surface area contributed by atoms with Crippen molar-refractivity contribution in [3.63, 3.8) is 0 Å². The Balaban J connectivity index is 0.000000150. The second kappa shape index (κ2) is 19.6. The fourth-order valence-electron chi connectivity index (χ4n) is 6.48. The molecule has 0 aromatic heterocycles. The van der Waals surface area contributed by atoms with Crippen LogP contribution in [0.5, 0.6) is 11.5 Å². The van der Waals surface area contributed by atoms with E-state index in [-0.39, 0.29) is 29.5 Å². The lowest BCUT2D eigenvalue weighted by molar-refractivity contribution is -0.0479. The summed E-state index contributed by atoms with van der Waals surface area (Å²) in [5.74, 6) is 1.85. The summed E-state index contributed by atoms with van der Waals surface area (Å²) in [6, 6.07) is 40.3. The average molecular weight is 681 g/mol. The van der Waals surface area contributed by atoms with Crippen LogP contribution in [0.2, 0.25) is 0 Å². The van der Waals surface area contributed by atoms with E-state index in [0.717, 1.165) is 50.4 Å². The molecule has 0 saturated heterocycles. The molecule has 3 saturated carbocycles. The molecule has 268 valence electrons. The first-order chi connectivity index (χ1) is 24.6. The minimum atomic E-state index is 0.0514. The second-order valence-electron chi connectivity index (χ2n) is 14.5. The van der Waals surface area contributed by atoms with Crippen molar-refractivity contribution in [1.29, 1.82) is 0 Å². The van der Waals surface area contributed by atoms with Crippen molar-refractivity contribution >= 4 is 0 Å². The Bertz CT molecular complexity index is 1440. The van der Waals surface area contributed by atoms with Gasteiger partial charge in [-0.2, -0.15) is 0 Å². The van der Waals surface area contributed by atoms with Crippen LogP contribution >= 0.6 is 0 Å². The van der Waals surface area contributed by atoms with Gasteiger partial charge in [0.05, 0.1) is 52.9 Å². The lowest BCUT2D eigenvalue weighted by Gasteiger charge is -2.41. The van der Waals surface area contributed by atoms with Crippen molar-refractivity contribution < 1.29 is 29.2 Å². The number of rotatable bonds is 16. The maximum Gasteiger partial charge on any atom is 0.119 e. The Labute approximate surface area is 299 Å². The molecule has 3 aliphatic carbocycles. The summed E-state index contributed by atoms with van der Waals surface area (Å²) in [5.41, 5.74) is 2.77. The number of benzene rings is 4. The molecule has 4 aromatic carbocycles. The second-order valence-corrected chi connectivity index (χ2v) is 14.5. The van der Waals surface area contributed by atoms with Gasteiger partial charge in [-0.3, -0.25) is 0 Å². The molecule has 0 heterocycles. The average Bonchev–Trinajstić information content (AvgIpc) is 3.12. The lowest BCUT2D eigenvalue weighted by Crippen LogP contribution is -2.40. The first-order valence-electron chi connectivity index (χ1n) is 18.4. The highest BCUT2D eigenvalue weighted by Gasteiger charge is 2.39. The summed E-state index contributed by atoms with van der Waals surface area (Å²) in [6.07, 6.45) is 10.5. The van der Waals surface area contributed by atoms with Gasteiger partial charge in [-0.1, -0.05) is 116 Å². The number of aliphatic hydroxyl groups excluding tert-OH is 2. The van der Waals surface area contributed by atoms with Crippen LogP contribution in [0.15, 0.2) is 121 Å². The van der Waals surface area contributed by atoms with Gasteiger partial charge in [-0.05, 0) is 73.9 Å². The number of hydrogen-bond acceptors (Lipinski definition) is 6. The number of hydrogen-bond donors (Lipinski definition) is 2. The van der Waals surface area contributed by atoms with E-state index in [1.165, 1.54) is 43.2 Å². The minimum Gasteiger partial charge on any atom is -0.493 e. The molecule has 3 aliphatic rings. The van der Waals surface area contributed by atoms with Gasteiger partial charge in [0, 0.05) is 16.2 Å². The highest BCUT2D eigenvalue weighted by atomic mass is 16.5. The molecule has 3 fully saturated rings. The first kappa shape index (κ1) is 37.6. The molecule has 0 aliphatic heterocycles. The van der Waals surface area contributed by atoms with Gasteiger partial charge in [-0.15, -0.1) is 0 Å². The van der Waals surface area contributed by atoms with Crippen molar-refractivity contribution in [2.24, 2.45) is 16.2 Å². The molecular weight excluding hydrogens is 624 g/mol. The van der Waals surface area contributed by atoms with Crippen LogP contribution in [0.3, 0.4) is 0 Å².